The van der Waals surface area contributed by atoms with Crippen LogP contribution in [-0.2, 0) is 27.7 Å². The Balaban J connectivity index is 0.656. The van der Waals surface area contributed by atoms with Crippen molar-refractivity contribution in [3.8, 4) is 27.7 Å². The van der Waals surface area contributed by atoms with Gasteiger partial charge < -0.3 is 35.2 Å². The number of hydrogen-bond acceptors (Lipinski definition) is 16. The average Bonchev–Trinajstić information content (AvgIpc) is 0.910. The summed E-state index contributed by atoms with van der Waals surface area (Å²) in [6.45, 7) is 11.0. The second-order valence-corrected chi connectivity index (χ2v) is 28.2. The molecular weight excluding hydrogens is 1140 g/mol. The van der Waals surface area contributed by atoms with Gasteiger partial charge in [0, 0.05) is 98.3 Å². The van der Waals surface area contributed by atoms with Gasteiger partial charge in [-0.1, -0.05) is 50.3 Å². The Bertz CT molecular complexity index is 3940. The van der Waals surface area contributed by atoms with E-state index in [-0.39, 0.29) is 102 Å². The number of rotatable bonds is 16. The average molecular weight is 1210 g/mol. The SMILES string of the molecule is Cc1cc2[nH]ncc2c(-c2nccc3c2sc2nc(OC[C@]4(CN(C)CC56CC(c7cn([C@H](C(=O)N8C[C@H](O)C[C@H]8C(=O)NCc8ccc(-c9scnc9C)cc8)C(C)(C)C)nn7)(C5)C6)CC4(F)F)nc(N4CC5CCC(C4)N5)c23)c1C(F)(F)F. The predicted molar refractivity (Wildman–Crippen MR) is 311 cm³/mol. The number of carbonyl (C=O) groups is 2. The van der Waals surface area contributed by atoms with E-state index >= 15 is 22.0 Å². The van der Waals surface area contributed by atoms with Crippen molar-refractivity contribution in [2.45, 2.75) is 134 Å². The molecule has 9 heterocycles. The molecule has 25 heteroatoms. The van der Waals surface area contributed by atoms with E-state index < -0.39 is 46.7 Å². The smallest absolute Gasteiger partial charge is 0.417 e. The summed E-state index contributed by atoms with van der Waals surface area (Å²) in [6.07, 6.45) is 3.15. The van der Waals surface area contributed by atoms with Gasteiger partial charge in [-0.3, -0.25) is 19.7 Å². The number of aliphatic hydroxyl groups excluding tert-OH is 1. The number of alkyl halides is 5. The number of thiazole rings is 1. The lowest BCUT2D eigenvalue weighted by atomic mass is 9.34. The summed E-state index contributed by atoms with van der Waals surface area (Å²) in [4.78, 5) is 54.3. The molecule has 6 aromatic heterocycles. The Labute approximate surface area is 494 Å². The van der Waals surface area contributed by atoms with Gasteiger partial charge in [0.15, 0.2) is 0 Å². The van der Waals surface area contributed by atoms with Crippen LogP contribution in [0.1, 0.15) is 99.8 Å². The third-order valence-electron chi connectivity index (χ3n) is 18.9. The number of fused-ring (bicyclic) bond motifs is 6. The van der Waals surface area contributed by atoms with E-state index in [2.05, 4.69) is 46.0 Å². The lowest BCUT2D eigenvalue weighted by molar-refractivity contribution is -0.158. The Kier molecular flexibility index (Phi) is 13.1. The summed E-state index contributed by atoms with van der Waals surface area (Å²) in [6, 6.07) is 9.73. The predicted octanol–water partition coefficient (Wildman–Crippen LogP) is 9.40. The van der Waals surface area contributed by atoms with Gasteiger partial charge in [0.1, 0.15) is 29.3 Å². The first-order valence-corrected chi connectivity index (χ1v) is 30.6. The Hall–Kier alpha value is -6.80. The molecule has 4 saturated carbocycles. The second-order valence-electron chi connectivity index (χ2n) is 26.3. The summed E-state index contributed by atoms with van der Waals surface area (Å²) in [5, 5.41) is 35.1. The van der Waals surface area contributed by atoms with Gasteiger partial charge in [-0.25, -0.2) is 18.4 Å². The lowest BCUT2D eigenvalue weighted by Crippen LogP contribution is -2.68. The molecular formula is C60H65F5N14O4S2. The lowest BCUT2D eigenvalue weighted by Gasteiger charge is -2.71. The van der Waals surface area contributed by atoms with Gasteiger partial charge in [-0.05, 0) is 92.7 Å². The van der Waals surface area contributed by atoms with Gasteiger partial charge in [-0.15, -0.1) is 27.8 Å². The van der Waals surface area contributed by atoms with E-state index in [0.717, 1.165) is 59.5 Å². The number of likely N-dealkylation sites (tertiary alicyclic amines) is 1. The number of aromatic nitrogens is 9. The number of aliphatic hydroxyl groups is 1. The fraction of sp³-hybridized carbons (Fsp3) is 0.517. The van der Waals surface area contributed by atoms with Crippen molar-refractivity contribution in [3.05, 3.63) is 88.6 Å². The maximum Gasteiger partial charge on any atom is 0.417 e. The minimum atomic E-state index is -4.70. The van der Waals surface area contributed by atoms with Gasteiger partial charge in [-0.2, -0.15) is 28.2 Å². The van der Waals surface area contributed by atoms with E-state index in [4.69, 9.17) is 14.7 Å². The van der Waals surface area contributed by atoms with Crippen LogP contribution in [0.5, 0.6) is 6.01 Å². The number of amides is 2. The van der Waals surface area contributed by atoms with Crippen molar-refractivity contribution in [2.24, 2.45) is 16.2 Å². The maximum atomic E-state index is 15.8. The number of hydrogen-bond donors (Lipinski definition) is 4. The highest BCUT2D eigenvalue weighted by Crippen LogP contribution is 2.73. The Morgan fingerprint density at radius 1 is 0.976 bits per heavy atom. The van der Waals surface area contributed by atoms with Gasteiger partial charge >= 0.3 is 12.2 Å². The molecule has 18 nitrogen and oxygen atoms in total. The van der Waals surface area contributed by atoms with Crippen molar-refractivity contribution >= 4 is 71.5 Å². The first-order valence-electron chi connectivity index (χ1n) is 28.9. The zero-order valence-corrected chi connectivity index (χ0v) is 49.5. The van der Waals surface area contributed by atoms with Crippen molar-refractivity contribution < 1.29 is 41.4 Å². The molecule has 2 unspecified atom stereocenters. The zero-order valence-electron chi connectivity index (χ0n) is 47.9. The number of pyridine rings is 1. The number of nitrogens with zero attached hydrogens (tertiary/aromatic N) is 11. The first kappa shape index (κ1) is 56.0. The van der Waals surface area contributed by atoms with E-state index in [9.17, 15) is 14.7 Å². The Morgan fingerprint density at radius 2 is 1.72 bits per heavy atom. The number of H-pyrrole nitrogens is 1. The highest BCUT2D eigenvalue weighted by Gasteiger charge is 2.73. The van der Waals surface area contributed by atoms with Crippen molar-refractivity contribution in [3.63, 3.8) is 0 Å². The number of benzene rings is 2. The van der Waals surface area contributed by atoms with Crippen LogP contribution in [0.15, 0.2) is 60.5 Å². The normalized spacial score (nSPS) is 26.4. The van der Waals surface area contributed by atoms with Crippen molar-refractivity contribution in [1.29, 1.82) is 0 Å². The molecule has 3 saturated heterocycles. The molecule has 6 atom stereocenters. The largest absolute Gasteiger partial charge is 0.462 e. The number of halogens is 5. The summed E-state index contributed by atoms with van der Waals surface area (Å²) < 4.78 is 85.1. The third-order valence-corrected chi connectivity index (χ3v) is 20.9. The molecule has 446 valence electrons. The molecule has 3 aliphatic heterocycles. The molecule has 85 heavy (non-hydrogen) atoms. The number of anilines is 1. The molecule has 0 spiro atoms. The van der Waals surface area contributed by atoms with Crippen LogP contribution in [-0.4, -0.2) is 148 Å². The topological polar surface area (TPSA) is 208 Å². The fourth-order valence-corrected chi connectivity index (χ4v) is 17.0. The number of β-amino-alcohol motifs (C(OH)–C–C–N with tert-alkyl or cyclic N) is 1. The second kappa shape index (κ2) is 19.9. The van der Waals surface area contributed by atoms with E-state index in [1.807, 2.05) is 75.6 Å². The molecule has 4 bridgehead atoms. The number of aromatic amines is 1. The monoisotopic (exact) mass is 1200 g/mol. The highest BCUT2D eigenvalue weighted by atomic mass is 32.1. The van der Waals surface area contributed by atoms with Gasteiger partial charge in [0.05, 0.1) is 66.4 Å². The summed E-state index contributed by atoms with van der Waals surface area (Å²) >= 11 is 2.75. The standard InChI is InChI=1S/C60H65F5N14O4S2/c1-31-15-40-39(18-69-73-40)43(45(31)60(63,64)65)46-48-38(13-14-66-46)44-50(77-19-35-11-12-36(20-77)70-35)71-54(72-52(44)85-48)83-29-58(26-59(58,61)62)28-76(6)27-56-23-57(24-56,25-56)42-22-79(75-74-42)49(55(3,4)5)53(82)78-21-37(80)16-41(78)51(81)67-17-33-7-9-34(10-8-33)47-32(2)68-30-84-47/h7-10,13-15,18,22,30,35-37,41,49,70,80H,11-12,16-17,19-21,23-29H2,1-6H3,(H,67,81)(H,69,73)/t35?,36?,37-,41+,49-,56?,57?,58-/m1/s1. The molecule has 4 N–H and O–H groups in total. The first-order chi connectivity index (χ1) is 40.4. The quantitative estimate of drug-likeness (QED) is 0.0665. The molecule has 4 aliphatic carbocycles. The molecule has 2 aromatic carbocycles. The number of piperazine rings is 1. The van der Waals surface area contributed by atoms with Crippen LogP contribution in [0.2, 0.25) is 0 Å². The van der Waals surface area contributed by atoms with Crippen LogP contribution < -0.4 is 20.3 Å². The Morgan fingerprint density at radius 3 is 2.40 bits per heavy atom. The van der Waals surface area contributed by atoms with Crippen LogP contribution in [0.4, 0.5) is 27.8 Å². The van der Waals surface area contributed by atoms with Crippen LogP contribution in [0.25, 0.3) is 52.9 Å². The number of nitrogens with one attached hydrogen (secondary N) is 3. The van der Waals surface area contributed by atoms with E-state index in [1.165, 1.54) is 41.6 Å². The number of thiophene rings is 1. The van der Waals surface area contributed by atoms with E-state index in [1.54, 1.807) is 22.1 Å². The molecule has 2 amide bonds. The van der Waals surface area contributed by atoms with Crippen LogP contribution in [0.3, 0.4) is 0 Å². The zero-order chi connectivity index (χ0) is 59.3. The maximum absolute atomic E-state index is 15.8. The minimum Gasteiger partial charge on any atom is -0.462 e. The summed E-state index contributed by atoms with van der Waals surface area (Å²) in [5.41, 5.74) is 2.61. The fourth-order valence-electron chi connectivity index (χ4n) is 15.0. The molecule has 0 radical (unpaired) electrons. The molecule has 15 rings (SSSR count). The molecule has 7 fully saturated rings. The third kappa shape index (κ3) is 9.60. The summed E-state index contributed by atoms with van der Waals surface area (Å²) in [7, 11) is 1.86. The van der Waals surface area contributed by atoms with Crippen LogP contribution in [0, 0.1) is 30.1 Å². The van der Waals surface area contributed by atoms with Gasteiger partial charge in [0.25, 0.3) is 5.92 Å². The van der Waals surface area contributed by atoms with Crippen molar-refractivity contribution in [1.82, 2.24) is 65.6 Å². The highest BCUT2D eigenvalue weighted by molar-refractivity contribution is 7.26. The number of aryl methyl sites for hydroxylation is 2. The molecule has 7 aliphatic rings. The van der Waals surface area contributed by atoms with Gasteiger partial charge in [0.2, 0.25) is 11.8 Å². The molecule has 8 aromatic rings. The van der Waals surface area contributed by atoms with Crippen molar-refractivity contribution in [2.75, 3.05) is 51.3 Å². The van der Waals surface area contributed by atoms with Crippen LogP contribution >= 0.6 is 22.7 Å². The summed E-state index contributed by atoms with van der Waals surface area (Å²) in [5.74, 6) is -3.15. The number of carbonyl (C=O) groups excluding carboxylic acids is 2. The number of ether oxygens (including phenoxy) is 1. The van der Waals surface area contributed by atoms with E-state index in [0.29, 0.717) is 51.3 Å². The minimum absolute atomic E-state index is 0.00654.